The number of hydrogen-bond donors (Lipinski definition) is 0. The normalized spacial score (nSPS) is 45.5. The Labute approximate surface area is 105 Å². The summed E-state index contributed by atoms with van der Waals surface area (Å²) >= 11 is 0. The summed E-state index contributed by atoms with van der Waals surface area (Å²) in [4.78, 5) is 0. The number of ether oxygens (including phenoxy) is 2. The summed E-state index contributed by atoms with van der Waals surface area (Å²) < 4.78 is 11.7. The zero-order valence-corrected chi connectivity index (χ0v) is 11.4. The van der Waals surface area contributed by atoms with E-state index in [9.17, 15) is 0 Å². The molecular formula is C15H26O2. The summed E-state index contributed by atoms with van der Waals surface area (Å²) in [5.41, 5.74) is 0. The quantitative estimate of drug-likeness (QED) is 0.698. The second-order valence-corrected chi connectivity index (χ2v) is 6.68. The van der Waals surface area contributed by atoms with Crippen molar-refractivity contribution in [2.45, 2.75) is 58.3 Å². The molecule has 0 spiro atoms. The Kier molecular flexibility index (Phi) is 3.20. The first-order valence-electron chi connectivity index (χ1n) is 7.39. The van der Waals surface area contributed by atoms with Crippen molar-refractivity contribution in [1.82, 2.24) is 0 Å². The van der Waals surface area contributed by atoms with E-state index in [1.165, 1.54) is 32.1 Å². The standard InChI is InChI=1S/C15H26O2/c1-9(2)15(16-3)17-14-8-10-7-13(14)12-6-4-5-11(10)12/h9-15H,4-8H2,1-3H3. The van der Waals surface area contributed by atoms with Gasteiger partial charge in [0.25, 0.3) is 0 Å². The van der Waals surface area contributed by atoms with Crippen LogP contribution in [0.4, 0.5) is 0 Å². The van der Waals surface area contributed by atoms with E-state index in [-0.39, 0.29) is 6.29 Å². The van der Waals surface area contributed by atoms with Gasteiger partial charge in [0.2, 0.25) is 0 Å². The molecule has 0 aromatic heterocycles. The van der Waals surface area contributed by atoms with Crippen LogP contribution in [0.2, 0.25) is 0 Å². The molecule has 2 nitrogen and oxygen atoms in total. The molecule has 3 aliphatic carbocycles. The van der Waals surface area contributed by atoms with Gasteiger partial charge in [0.15, 0.2) is 6.29 Å². The number of rotatable bonds is 4. The molecule has 0 heterocycles. The average Bonchev–Trinajstić information content (AvgIpc) is 2.96. The van der Waals surface area contributed by atoms with E-state index in [1.807, 2.05) is 0 Å². The van der Waals surface area contributed by atoms with Crippen molar-refractivity contribution < 1.29 is 9.47 Å². The third kappa shape index (κ3) is 1.94. The minimum Gasteiger partial charge on any atom is -0.356 e. The lowest BCUT2D eigenvalue weighted by Gasteiger charge is -2.34. The Morgan fingerprint density at radius 2 is 1.76 bits per heavy atom. The minimum absolute atomic E-state index is 0.000738. The molecule has 6 unspecified atom stereocenters. The van der Waals surface area contributed by atoms with Gasteiger partial charge in [-0.05, 0) is 49.4 Å². The van der Waals surface area contributed by atoms with Crippen LogP contribution in [0.3, 0.4) is 0 Å². The second-order valence-electron chi connectivity index (χ2n) is 6.68. The SMILES string of the molecule is COC(OC1CC2CC1C1CCCC21)C(C)C. The Morgan fingerprint density at radius 3 is 2.47 bits per heavy atom. The fourth-order valence-corrected chi connectivity index (χ4v) is 4.82. The molecule has 3 aliphatic rings. The van der Waals surface area contributed by atoms with Crippen molar-refractivity contribution >= 4 is 0 Å². The Bertz CT molecular complexity index is 276. The van der Waals surface area contributed by atoms with Crippen molar-refractivity contribution in [3.05, 3.63) is 0 Å². The molecule has 3 rings (SSSR count). The monoisotopic (exact) mass is 238 g/mol. The highest BCUT2D eigenvalue weighted by Gasteiger charge is 2.54. The van der Waals surface area contributed by atoms with Gasteiger partial charge in [-0.3, -0.25) is 0 Å². The van der Waals surface area contributed by atoms with Gasteiger partial charge in [-0.25, -0.2) is 0 Å². The zero-order valence-electron chi connectivity index (χ0n) is 11.4. The minimum atomic E-state index is -0.000738. The third-order valence-corrected chi connectivity index (χ3v) is 5.45. The highest BCUT2D eigenvalue weighted by atomic mass is 16.7. The summed E-state index contributed by atoms with van der Waals surface area (Å²) in [6.07, 6.45) is 7.66. The van der Waals surface area contributed by atoms with Crippen molar-refractivity contribution in [2.75, 3.05) is 7.11 Å². The van der Waals surface area contributed by atoms with Crippen LogP contribution in [0.25, 0.3) is 0 Å². The maximum absolute atomic E-state index is 6.24. The highest BCUT2D eigenvalue weighted by molar-refractivity contribution is 5.03. The van der Waals surface area contributed by atoms with Crippen LogP contribution < -0.4 is 0 Å². The first-order chi connectivity index (χ1) is 8.20. The van der Waals surface area contributed by atoms with E-state index < -0.39 is 0 Å². The largest absolute Gasteiger partial charge is 0.356 e. The van der Waals surface area contributed by atoms with E-state index in [4.69, 9.17) is 9.47 Å². The van der Waals surface area contributed by atoms with Crippen molar-refractivity contribution in [1.29, 1.82) is 0 Å². The number of hydrogen-bond acceptors (Lipinski definition) is 2. The maximum Gasteiger partial charge on any atom is 0.159 e. The van der Waals surface area contributed by atoms with Gasteiger partial charge in [0.05, 0.1) is 6.10 Å². The van der Waals surface area contributed by atoms with Crippen molar-refractivity contribution in [3.63, 3.8) is 0 Å². The zero-order chi connectivity index (χ0) is 12.0. The molecular weight excluding hydrogens is 212 g/mol. The van der Waals surface area contributed by atoms with Crippen LogP contribution in [0.15, 0.2) is 0 Å². The van der Waals surface area contributed by atoms with Crippen LogP contribution in [0, 0.1) is 29.6 Å². The summed E-state index contributed by atoms with van der Waals surface area (Å²) in [5.74, 6) is 4.33. The van der Waals surface area contributed by atoms with E-state index >= 15 is 0 Å². The fraction of sp³-hybridized carbons (Fsp3) is 1.00. The molecule has 0 amide bonds. The van der Waals surface area contributed by atoms with Gasteiger partial charge in [-0.15, -0.1) is 0 Å². The van der Waals surface area contributed by atoms with Gasteiger partial charge in [0, 0.05) is 13.0 Å². The summed E-state index contributed by atoms with van der Waals surface area (Å²) in [7, 11) is 1.77. The first-order valence-corrected chi connectivity index (χ1v) is 7.39. The Balaban J connectivity index is 1.63. The molecule has 17 heavy (non-hydrogen) atoms. The molecule has 2 bridgehead atoms. The lowest BCUT2D eigenvalue weighted by atomic mass is 9.80. The van der Waals surface area contributed by atoms with Gasteiger partial charge in [-0.2, -0.15) is 0 Å². The molecule has 98 valence electrons. The number of fused-ring (bicyclic) bond motifs is 5. The maximum atomic E-state index is 6.24. The van der Waals surface area contributed by atoms with Crippen LogP contribution >= 0.6 is 0 Å². The summed E-state index contributed by atoms with van der Waals surface area (Å²) in [5, 5.41) is 0. The second kappa shape index (κ2) is 4.55. The molecule has 3 fully saturated rings. The summed E-state index contributed by atoms with van der Waals surface area (Å²) in [6, 6.07) is 0. The Hall–Kier alpha value is -0.0800. The summed E-state index contributed by atoms with van der Waals surface area (Å²) in [6.45, 7) is 4.36. The first kappa shape index (κ1) is 12.0. The molecule has 0 aromatic rings. The topological polar surface area (TPSA) is 18.5 Å². The predicted octanol–water partition coefficient (Wildman–Crippen LogP) is 3.46. The lowest BCUT2D eigenvalue weighted by molar-refractivity contribution is -0.192. The molecule has 0 aromatic carbocycles. The molecule has 0 N–H and O–H groups in total. The van der Waals surface area contributed by atoms with Crippen LogP contribution in [0.1, 0.15) is 46.0 Å². The van der Waals surface area contributed by atoms with Crippen LogP contribution in [0.5, 0.6) is 0 Å². The van der Waals surface area contributed by atoms with Gasteiger partial charge in [0.1, 0.15) is 0 Å². The molecule has 6 atom stereocenters. The van der Waals surface area contributed by atoms with E-state index in [2.05, 4.69) is 13.8 Å². The van der Waals surface area contributed by atoms with Crippen molar-refractivity contribution in [3.8, 4) is 0 Å². The molecule has 3 saturated carbocycles. The molecule has 0 radical (unpaired) electrons. The van der Waals surface area contributed by atoms with Crippen LogP contribution in [-0.2, 0) is 9.47 Å². The molecule has 2 heteroatoms. The van der Waals surface area contributed by atoms with Gasteiger partial charge >= 0.3 is 0 Å². The van der Waals surface area contributed by atoms with E-state index in [0.29, 0.717) is 12.0 Å². The van der Waals surface area contributed by atoms with Crippen molar-refractivity contribution in [2.24, 2.45) is 29.6 Å². The highest BCUT2D eigenvalue weighted by Crippen LogP contribution is 2.59. The smallest absolute Gasteiger partial charge is 0.159 e. The Morgan fingerprint density at radius 1 is 1.00 bits per heavy atom. The van der Waals surface area contributed by atoms with Gasteiger partial charge in [-0.1, -0.05) is 20.3 Å². The molecule has 0 aliphatic heterocycles. The average molecular weight is 238 g/mol. The predicted molar refractivity (Wildman–Crippen MR) is 67.6 cm³/mol. The number of methoxy groups -OCH3 is 1. The van der Waals surface area contributed by atoms with E-state index in [1.54, 1.807) is 7.11 Å². The lowest BCUT2D eigenvalue weighted by Crippen LogP contribution is -2.35. The van der Waals surface area contributed by atoms with Gasteiger partial charge < -0.3 is 9.47 Å². The molecule has 0 saturated heterocycles. The third-order valence-electron chi connectivity index (χ3n) is 5.45. The fourth-order valence-electron chi connectivity index (χ4n) is 4.82. The van der Waals surface area contributed by atoms with E-state index in [0.717, 1.165) is 23.7 Å². The van der Waals surface area contributed by atoms with Crippen LogP contribution in [-0.4, -0.2) is 19.5 Å².